The highest BCUT2D eigenvalue weighted by molar-refractivity contribution is 7.89. The zero-order valence-corrected chi connectivity index (χ0v) is 17.7. The van der Waals surface area contributed by atoms with Gasteiger partial charge in [0.15, 0.2) is 5.13 Å². The fraction of sp³-hybridized carbons (Fsp3) is 0.200. The lowest BCUT2D eigenvalue weighted by Crippen LogP contribution is -2.17. The van der Waals surface area contributed by atoms with Gasteiger partial charge in [-0.15, -0.1) is 11.3 Å². The molecule has 0 saturated carbocycles. The normalized spacial score (nSPS) is 11.5. The van der Waals surface area contributed by atoms with E-state index < -0.39 is 15.9 Å². The van der Waals surface area contributed by atoms with Crippen molar-refractivity contribution in [1.29, 1.82) is 0 Å². The van der Waals surface area contributed by atoms with Gasteiger partial charge < -0.3 is 0 Å². The van der Waals surface area contributed by atoms with Gasteiger partial charge in [-0.2, -0.15) is 0 Å². The third-order valence-corrected chi connectivity index (χ3v) is 6.37. The number of benzene rings is 2. The second-order valence-corrected chi connectivity index (χ2v) is 9.16. The number of hydrogen-bond acceptors (Lipinski definition) is 5. The van der Waals surface area contributed by atoms with E-state index in [0.29, 0.717) is 16.3 Å². The number of carbonyl (C=O) groups is 1. The molecule has 0 atom stereocenters. The molecule has 0 aliphatic heterocycles. The summed E-state index contributed by atoms with van der Waals surface area (Å²) in [4.78, 5) is 17.1. The van der Waals surface area contributed by atoms with Crippen molar-refractivity contribution < 1.29 is 13.2 Å². The molecule has 146 valence electrons. The summed E-state index contributed by atoms with van der Waals surface area (Å²) in [5.41, 5.74) is 5.49. The molecular weight excluding hydrogens is 394 g/mol. The number of nitrogens with one attached hydrogen (secondary N) is 1. The number of hydrogen-bond donors (Lipinski definition) is 2. The quantitative estimate of drug-likeness (QED) is 0.673. The predicted octanol–water partition coefficient (Wildman–Crippen LogP) is 3.94. The van der Waals surface area contributed by atoms with Crippen LogP contribution in [-0.2, 0) is 10.0 Å². The predicted molar refractivity (Wildman–Crippen MR) is 112 cm³/mol. The van der Waals surface area contributed by atoms with E-state index in [2.05, 4.69) is 16.4 Å². The molecule has 28 heavy (non-hydrogen) atoms. The van der Waals surface area contributed by atoms with Crippen LogP contribution in [-0.4, -0.2) is 19.3 Å². The van der Waals surface area contributed by atoms with E-state index in [-0.39, 0.29) is 10.5 Å². The fourth-order valence-electron chi connectivity index (χ4n) is 2.98. The number of rotatable bonds is 4. The SMILES string of the molecule is Cc1ccc(-c2csc(NC(=O)c3cc(C)c(C)c(S(N)(=O)=O)c3)n2)c(C)c1. The highest BCUT2D eigenvalue weighted by atomic mass is 32.2. The zero-order valence-electron chi connectivity index (χ0n) is 16.0. The summed E-state index contributed by atoms with van der Waals surface area (Å²) in [5, 5.41) is 10.3. The molecule has 8 heteroatoms. The van der Waals surface area contributed by atoms with E-state index >= 15 is 0 Å². The van der Waals surface area contributed by atoms with Gasteiger partial charge in [0, 0.05) is 16.5 Å². The van der Waals surface area contributed by atoms with Crippen LogP contribution in [0.4, 0.5) is 5.13 Å². The Morgan fingerprint density at radius 1 is 1.07 bits per heavy atom. The Bertz CT molecular complexity index is 1180. The van der Waals surface area contributed by atoms with Crippen molar-refractivity contribution in [3.8, 4) is 11.3 Å². The second kappa shape index (κ2) is 7.46. The first-order valence-corrected chi connectivity index (χ1v) is 11.0. The number of nitrogens with zero attached hydrogens (tertiary/aromatic N) is 1. The van der Waals surface area contributed by atoms with Crippen LogP contribution in [0.2, 0.25) is 0 Å². The van der Waals surface area contributed by atoms with Gasteiger partial charge in [-0.05, 0) is 56.5 Å². The summed E-state index contributed by atoms with van der Waals surface area (Å²) >= 11 is 1.31. The average molecular weight is 416 g/mol. The minimum Gasteiger partial charge on any atom is -0.298 e. The maximum absolute atomic E-state index is 12.6. The molecule has 0 saturated heterocycles. The number of carbonyl (C=O) groups excluding carboxylic acids is 1. The Balaban J connectivity index is 1.89. The molecule has 3 N–H and O–H groups in total. The van der Waals surface area contributed by atoms with Gasteiger partial charge in [-0.1, -0.05) is 23.8 Å². The summed E-state index contributed by atoms with van der Waals surface area (Å²) < 4.78 is 23.6. The molecule has 1 heterocycles. The van der Waals surface area contributed by atoms with Gasteiger partial charge in [0.25, 0.3) is 5.91 Å². The third-order valence-electron chi connectivity index (χ3n) is 4.57. The van der Waals surface area contributed by atoms with Crippen LogP contribution in [0, 0.1) is 27.7 Å². The van der Waals surface area contributed by atoms with Crippen LogP contribution in [0.25, 0.3) is 11.3 Å². The first kappa shape index (κ1) is 20.2. The molecule has 1 aromatic heterocycles. The van der Waals surface area contributed by atoms with E-state index in [1.54, 1.807) is 19.9 Å². The van der Waals surface area contributed by atoms with Gasteiger partial charge in [-0.3, -0.25) is 10.1 Å². The number of amides is 1. The molecule has 0 aliphatic carbocycles. The van der Waals surface area contributed by atoms with Crippen LogP contribution in [0.1, 0.15) is 32.6 Å². The topological polar surface area (TPSA) is 102 Å². The summed E-state index contributed by atoms with van der Waals surface area (Å²) in [7, 11) is -3.92. The maximum atomic E-state index is 12.6. The van der Waals surface area contributed by atoms with Gasteiger partial charge in [0.2, 0.25) is 10.0 Å². The second-order valence-electron chi connectivity index (χ2n) is 6.77. The summed E-state index contributed by atoms with van der Waals surface area (Å²) in [6.07, 6.45) is 0. The smallest absolute Gasteiger partial charge is 0.257 e. The Morgan fingerprint density at radius 2 is 1.79 bits per heavy atom. The van der Waals surface area contributed by atoms with Crippen molar-refractivity contribution in [3.05, 3.63) is 63.5 Å². The van der Waals surface area contributed by atoms with Crippen LogP contribution in [0.15, 0.2) is 40.6 Å². The van der Waals surface area contributed by atoms with Crippen molar-refractivity contribution in [2.45, 2.75) is 32.6 Å². The van der Waals surface area contributed by atoms with Gasteiger partial charge in [-0.25, -0.2) is 18.5 Å². The highest BCUT2D eigenvalue weighted by Gasteiger charge is 2.18. The van der Waals surface area contributed by atoms with Crippen molar-refractivity contribution in [1.82, 2.24) is 4.98 Å². The van der Waals surface area contributed by atoms with E-state index in [0.717, 1.165) is 16.8 Å². The Hall–Kier alpha value is -2.55. The number of thiazole rings is 1. The largest absolute Gasteiger partial charge is 0.298 e. The van der Waals surface area contributed by atoms with Crippen molar-refractivity contribution >= 4 is 32.4 Å². The molecule has 0 spiro atoms. The minimum absolute atomic E-state index is 0.0484. The molecule has 0 radical (unpaired) electrons. The first-order chi connectivity index (χ1) is 13.1. The lowest BCUT2D eigenvalue weighted by molar-refractivity contribution is 0.102. The van der Waals surface area contributed by atoms with Gasteiger partial charge >= 0.3 is 0 Å². The van der Waals surface area contributed by atoms with E-state index in [1.165, 1.54) is 23.0 Å². The molecule has 2 aromatic carbocycles. The zero-order chi connectivity index (χ0) is 20.6. The maximum Gasteiger partial charge on any atom is 0.257 e. The van der Waals surface area contributed by atoms with Crippen LogP contribution in [0.5, 0.6) is 0 Å². The molecule has 6 nitrogen and oxygen atoms in total. The monoisotopic (exact) mass is 415 g/mol. The third kappa shape index (κ3) is 4.14. The highest BCUT2D eigenvalue weighted by Crippen LogP contribution is 2.28. The number of sulfonamides is 1. The lowest BCUT2D eigenvalue weighted by atomic mass is 10.0. The first-order valence-electron chi connectivity index (χ1n) is 8.55. The molecule has 0 fully saturated rings. The Morgan fingerprint density at radius 3 is 2.43 bits per heavy atom. The Labute approximate surface area is 168 Å². The van der Waals surface area contributed by atoms with Crippen molar-refractivity contribution in [2.75, 3.05) is 5.32 Å². The molecule has 0 bridgehead atoms. The van der Waals surface area contributed by atoms with E-state index in [9.17, 15) is 13.2 Å². The van der Waals surface area contributed by atoms with Crippen LogP contribution < -0.4 is 10.5 Å². The molecule has 0 aliphatic rings. The number of nitrogens with two attached hydrogens (primary N) is 1. The molecule has 0 unspecified atom stereocenters. The summed E-state index contributed by atoms with van der Waals surface area (Å²) in [5.74, 6) is -0.436. The molecule has 3 rings (SSSR count). The van der Waals surface area contributed by atoms with Crippen molar-refractivity contribution in [3.63, 3.8) is 0 Å². The molecule has 1 amide bonds. The van der Waals surface area contributed by atoms with Crippen LogP contribution in [0.3, 0.4) is 0 Å². The van der Waals surface area contributed by atoms with Gasteiger partial charge in [0.1, 0.15) is 0 Å². The van der Waals surface area contributed by atoms with Crippen molar-refractivity contribution in [2.24, 2.45) is 5.14 Å². The number of aromatic nitrogens is 1. The summed E-state index contributed by atoms with van der Waals surface area (Å²) in [6, 6.07) is 9.04. The minimum atomic E-state index is -3.92. The summed E-state index contributed by atoms with van der Waals surface area (Å²) in [6.45, 7) is 7.45. The number of aryl methyl sites for hydroxylation is 3. The molecular formula is C20H21N3O3S2. The molecule has 3 aromatic rings. The standard InChI is InChI=1S/C20H21N3O3S2/c1-11-5-6-16(13(3)7-11)17-10-27-20(22-17)23-19(24)15-8-12(2)14(4)18(9-15)28(21,25)26/h5-10H,1-4H3,(H2,21,25,26)(H,22,23,24). The van der Waals surface area contributed by atoms with E-state index in [4.69, 9.17) is 5.14 Å². The number of anilines is 1. The lowest BCUT2D eigenvalue weighted by Gasteiger charge is -2.10. The van der Waals surface area contributed by atoms with Gasteiger partial charge in [0.05, 0.1) is 10.6 Å². The van der Waals surface area contributed by atoms with E-state index in [1.807, 2.05) is 31.4 Å². The van der Waals surface area contributed by atoms with Crippen LogP contribution >= 0.6 is 11.3 Å². The fourth-order valence-corrected chi connectivity index (χ4v) is 4.56. The number of primary sulfonamides is 1. The average Bonchev–Trinajstić information content (AvgIpc) is 3.04. The Kier molecular flexibility index (Phi) is 5.38.